The van der Waals surface area contributed by atoms with Gasteiger partial charge in [0.2, 0.25) is 10.0 Å². The van der Waals surface area contributed by atoms with Gasteiger partial charge in [0.1, 0.15) is 5.82 Å². The van der Waals surface area contributed by atoms with E-state index >= 15 is 0 Å². The second-order valence-electron chi connectivity index (χ2n) is 5.83. The fourth-order valence-corrected chi connectivity index (χ4v) is 3.77. The van der Waals surface area contributed by atoms with Crippen LogP contribution in [0, 0.1) is 6.92 Å². The Balaban J connectivity index is 1.96. The minimum absolute atomic E-state index is 0.104. The second kappa shape index (κ2) is 7.57. The van der Waals surface area contributed by atoms with E-state index < -0.39 is 10.0 Å². The smallest absolute Gasteiger partial charge is 0.261 e. The highest BCUT2D eigenvalue weighted by atomic mass is 35.5. The molecule has 0 saturated carbocycles. The second-order valence-corrected chi connectivity index (χ2v) is 7.97. The Morgan fingerprint density at radius 1 is 1.12 bits per heavy atom. The van der Waals surface area contributed by atoms with Crippen LogP contribution in [-0.2, 0) is 23.1 Å². The van der Waals surface area contributed by atoms with E-state index in [2.05, 4.69) is 9.71 Å². The average molecular weight is 392 g/mol. The van der Waals surface area contributed by atoms with Crippen molar-refractivity contribution < 1.29 is 8.42 Å². The van der Waals surface area contributed by atoms with Crippen LogP contribution in [0.1, 0.15) is 11.4 Å². The molecule has 6 nitrogen and oxygen atoms in total. The van der Waals surface area contributed by atoms with Crippen LogP contribution in [0.3, 0.4) is 0 Å². The normalized spacial score (nSPS) is 11.8. The predicted molar refractivity (Wildman–Crippen MR) is 102 cm³/mol. The molecular weight excluding hydrogens is 374 g/mol. The zero-order chi connectivity index (χ0) is 18.7. The first-order valence-corrected chi connectivity index (χ1v) is 10.0. The lowest BCUT2D eigenvalue weighted by atomic mass is 10.2. The highest BCUT2D eigenvalue weighted by Crippen LogP contribution is 2.12. The van der Waals surface area contributed by atoms with Crippen molar-refractivity contribution in [1.29, 1.82) is 0 Å². The van der Waals surface area contributed by atoms with Crippen LogP contribution in [0.25, 0.3) is 10.9 Å². The van der Waals surface area contributed by atoms with E-state index in [1.807, 2.05) is 6.92 Å². The number of nitrogens with one attached hydrogen (secondary N) is 1. The largest absolute Gasteiger partial charge is 0.294 e. The molecule has 0 aliphatic rings. The molecule has 3 aromatic rings. The number of aromatic nitrogens is 2. The summed E-state index contributed by atoms with van der Waals surface area (Å²) >= 11 is 5.81. The molecule has 0 fully saturated rings. The number of hydrogen-bond acceptors (Lipinski definition) is 4. The SMILES string of the molecule is Cc1ccc(S(=O)(=O)NCc2nc3ccccc3c(=O)n2CCCl)cc1. The molecule has 0 saturated heterocycles. The Labute approximate surface area is 156 Å². The van der Waals surface area contributed by atoms with Crippen LogP contribution in [0.5, 0.6) is 0 Å². The summed E-state index contributed by atoms with van der Waals surface area (Å²) in [5.41, 5.74) is 1.25. The van der Waals surface area contributed by atoms with Crippen molar-refractivity contribution in [3.63, 3.8) is 0 Å². The lowest BCUT2D eigenvalue weighted by molar-refractivity contribution is 0.572. The Bertz CT molecular complexity index is 1090. The first-order valence-electron chi connectivity index (χ1n) is 8.03. The van der Waals surface area contributed by atoms with Gasteiger partial charge >= 0.3 is 0 Å². The van der Waals surface area contributed by atoms with Crippen LogP contribution in [0.15, 0.2) is 58.2 Å². The number of nitrogens with zero attached hydrogens (tertiary/aromatic N) is 2. The van der Waals surface area contributed by atoms with E-state index in [4.69, 9.17) is 11.6 Å². The summed E-state index contributed by atoms with van der Waals surface area (Å²) < 4.78 is 28.9. The number of sulfonamides is 1. The summed E-state index contributed by atoms with van der Waals surface area (Å²) in [6.45, 7) is 2.03. The maximum Gasteiger partial charge on any atom is 0.261 e. The van der Waals surface area contributed by atoms with Crippen LogP contribution >= 0.6 is 11.6 Å². The van der Waals surface area contributed by atoms with Crippen molar-refractivity contribution in [3.05, 3.63) is 70.3 Å². The Kier molecular flexibility index (Phi) is 5.41. The molecule has 1 heterocycles. The molecule has 0 aliphatic heterocycles. The number of benzene rings is 2. The van der Waals surface area contributed by atoms with Gasteiger partial charge in [-0.2, -0.15) is 0 Å². The zero-order valence-electron chi connectivity index (χ0n) is 14.1. The third kappa shape index (κ3) is 3.80. The monoisotopic (exact) mass is 391 g/mol. The van der Waals surface area contributed by atoms with Gasteiger partial charge in [-0.25, -0.2) is 18.1 Å². The zero-order valence-corrected chi connectivity index (χ0v) is 15.7. The third-order valence-corrected chi connectivity index (χ3v) is 5.59. The maximum absolute atomic E-state index is 12.7. The quantitative estimate of drug-likeness (QED) is 0.654. The molecule has 8 heteroatoms. The van der Waals surface area contributed by atoms with Gasteiger partial charge in [0.15, 0.2) is 0 Å². The van der Waals surface area contributed by atoms with Crippen molar-refractivity contribution in [2.45, 2.75) is 24.9 Å². The Morgan fingerprint density at radius 2 is 1.81 bits per heavy atom. The maximum atomic E-state index is 12.7. The van der Waals surface area contributed by atoms with Gasteiger partial charge in [-0.05, 0) is 31.2 Å². The summed E-state index contributed by atoms with van der Waals surface area (Å²) in [5.74, 6) is 0.544. The number of hydrogen-bond donors (Lipinski definition) is 1. The lowest BCUT2D eigenvalue weighted by Gasteiger charge is -2.13. The molecule has 0 amide bonds. The fourth-order valence-electron chi connectivity index (χ4n) is 2.62. The molecule has 3 rings (SSSR count). The third-order valence-electron chi connectivity index (χ3n) is 4.00. The van der Waals surface area contributed by atoms with Gasteiger partial charge in [0.05, 0.1) is 22.3 Å². The summed E-state index contributed by atoms with van der Waals surface area (Å²) in [6, 6.07) is 13.5. The molecule has 1 N–H and O–H groups in total. The van der Waals surface area contributed by atoms with Gasteiger partial charge < -0.3 is 0 Å². The van der Waals surface area contributed by atoms with Crippen LogP contribution in [0.4, 0.5) is 0 Å². The van der Waals surface area contributed by atoms with Crippen molar-refractivity contribution >= 4 is 32.5 Å². The first kappa shape index (κ1) is 18.6. The molecule has 0 radical (unpaired) electrons. The summed E-state index contributed by atoms with van der Waals surface area (Å²) in [7, 11) is -3.71. The molecule has 0 atom stereocenters. The fraction of sp³-hybridized carbons (Fsp3) is 0.222. The molecule has 0 unspecified atom stereocenters. The molecule has 1 aromatic heterocycles. The van der Waals surface area contributed by atoms with Crippen molar-refractivity contribution in [2.24, 2.45) is 0 Å². The molecule has 0 spiro atoms. The van der Waals surface area contributed by atoms with Crippen LogP contribution < -0.4 is 10.3 Å². The molecule has 0 aliphatic carbocycles. The number of para-hydroxylation sites is 1. The highest BCUT2D eigenvalue weighted by molar-refractivity contribution is 7.89. The van der Waals surface area contributed by atoms with E-state index in [9.17, 15) is 13.2 Å². The van der Waals surface area contributed by atoms with E-state index in [1.165, 1.54) is 16.7 Å². The van der Waals surface area contributed by atoms with Gasteiger partial charge in [-0.15, -0.1) is 11.6 Å². The number of rotatable bonds is 6. The molecule has 136 valence electrons. The topological polar surface area (TPSA) is 81.1 Å². The van der Waals surface area contributed by atoms with E-state index in [1.54, 1.807) is 36.4 Å². The van der Waals surface area contributed by atoms with E-state index in [0.717, 1.165) is 5.56 Å². The van der Waals surface area contributed by atoms with Crippen LogP contribution in [-0.4, -0.2) is 23.8 Å². The average Bonchev–Trinajstić information content (AvgIpc) is 2.63. The van der Waals surface area contributed by atoms with Crippen LogP contribution in [0.2, 0.25) is 0 Å². The van der Waals surface area contributed by atoms with Gasteiger partial charge in [-0.1, -0.05) is 29.8 Å². The standard InChI is InChI=1S/C18H18ClN3O3S/c1-13-6-8-14(9-7-13)26(24,25)20-12-17-21-16-5-3-2-4-15(16)18(23)22(17)11-10-19/h2-9,20H,10-12H2,1H3. The van der Waals surface area contributed by atoms with E-state index in [0.29, 0.717) is 16.7 Å². The molecule has 0 bridgehead atoms. The Hall–Kier alpha value is -2.22. The van der Waals surface area contributed by atoms with E-state index in [-0.39, 0.29) is 29.4 Å². The molecule has 2 aromatic carbocycles. The van der Waals surface area contributed by atoms with Crippen molar-refractivity contribution in [3.8, 4) is 0 Å². The van der Waals surface area contributed by atoms with Gasteiger partial charge in [0.25, 0.3) is 5.56 Å². The number of alkyl halides is 1. The lowest BCUT2D eigenvalue weighted by Crippen LogP contribution is -2.31. The number of fused-ring (bicyclic) bond motifs is 1. The first-order chi connectivity index (χ1) is 12.4. The highest BCUT2D eigenvalue weighted by Gasteiger charge is 2.16. The predicted octanol–water partition coefficient (Wildman–Crippen LogP) is 2.42. The minimum Gasteiger partial charge on any atom is -0.294 e. The Morgan fingerprint density at radius 3 is 2.50 bits per heavy atom. The van der Waals surface area contributed by atoms with Crippen molar-refractivity contribution in [1.82, 2.24) is 14.3 Å². The number of halogens is 1. The molecule has 26 heavy (non-hydrogen) atoms. The summed E-state index contributed by atoms with van der Waals surface area (Å²) in [6.07, 6.45) is 0. The summed E-state index contributed by atoms with van der Waals surface area (Å²) in [4.78, 5) is 17.3. The summed E-state index contributed by atoms with van der Waals surface area (Å²) in [5, 5.41) is 0.475. The minimum atomic E-state index is -3.71. The van der Waals surface area contributed by atoms with Gasteiger partial charge in [0, 0.05) is 12.4 Å². The van der Waals surface area contributed by atoms with Crippen molar-refractivity contribution in [2.75, 3.05) is 5.88 Å². The van der Waals surface area contributed by atoms with Gasteiger partial charge in [-0.3, -0.25) is 9.36 Å². The number of aryl methyl sites for hydroxylation is 1. The molecular formula is C18H18ClN3O3S.